The third-order valence-electron chi connectivity index (χ3n) is 2.78. The molecule has 0 spiro atoms. The van der Waals surface area contributed by atoms with Gasteiger partial charge < -0.3 is 11.1 Å². The molecule has 2 nitrogen and oxygen atoms in total. The van der Waals surface area contributed by atoms with E-state index in [0.29, 0.717) is 13.0 Å². The molecule has 3 heteroatoms. The Hall–Kier alpha value is -1.87. The molecule has 2 aromatic carbocycles. The van der Waals surface area contributed by atoms with Gasteiger partial charge in [0.05, 0.1) is 0 Å². The van der Waals surface area contributed by atoms with Crippen molar-refractivity contribution in [2.75, 3.05) is 11.9 Å². The molecule has 0 saturated heterocycles. The van der Waals surface area contributed by atoms with Gasteiger partial charge in [-0.05, 0) is 61.3 Å². The van der Waals surface area contributed by atoms with E-state index in [9.17, 15) is 4.39 Å². The zero-order chi connectivity index (χ0) is 13.0. The second-order valence-electron chi connectivity index (χ2n) is 4.33. The molecule has 0 bridgehead atoms. The van der Waals surface area contributed by atoms with Crippen molar-refractivity contribution in [3.63, 3.8) is 0 Å². The fraction of sp³-hybridized carbons (Fsp3) is 0.200. The third kappa shape index (κ3) is 3.08. The number of hydrogen-bond donors (Lipinski definition) is 2. The van der Waals surface area contributed by atoms with Crippen molar-refractivity contribution >= 4 is 11.4 Å². The number of hydrogen-bond acceptors (Lipinski definition) is 2. The number of nitrogens with one attached hydrogen (secondary N) is 1. The van der Waals surface area contributed by atoms with Crippen LogP contribution in [0.3, 0.4) is 0 Å². The topological polar surface area (TPSA) is 38.0 Å². The molecule has 3 N–H and O–H groups in total. The van der Waals surface area contributed by atoms with Gasteiger partial charge in [0.2, 0.25) is 0 Å². The van der Waals surface area contributed by atoms with E-state index in [1.54, 1.807) is 6.07 Å². The van der Waals surface area contributed by atoms with Gasteiger partial charge in [-0.15, -0.1) is 0 Å². The zero-order valence-corrected chi connectivity index (χ0v) is 10.4. The van der Waals surface area contributed by atoms with Crippen molar-refractivity contribution in [2.24, 2.45) is 5.73 Å². The summed E-state index contributed by atoms with van der Waals surface area (Å²) >= 11 is 0. The Balaban J connectivity index is 2.28. The highest BCUT2D eigenvalue weighted by atomic mass is 19.1. The molecule has 0 aliphatic heterocycles. The van der Waals surface area contributed by atoms with Crippen LogP contribution in [0.2, 0.25) is 0 Å². The SMILES string of the molecule is Cc1cccc(Nc2ccc(F)cc2CCN)c1. The van der Waals surface area contributed by atoms with Crippen molar-refractivity contribution < 1.29 is 4.39 Å². The van der Waals surface area contributed by atoms with Crippen LogP contribution in [0.4, 0.5) is 15.8 Å². The first kappa shape index (κ1) is 12.6. The smallest absolute Gasteiger partial charge is 0.123 e. The Labute approximate surface area is 107 Å². The van der Waals surface area contributed by atoms with Crippen LogP contribution >= 0.6 is 0 Å². The number of nitrogens with two attached hydrogens (primary N) is 1. The van der Waals surface area contributed by atoms with E-state index in [1.807, 2.05) is 25.1 Å². The molecule has 0 atom stereocenters. The van der Waals surface area contributed by atoms with Gasteiger partial charge in [0.25, 0.3) is 0 Å². The molecule has 0 amide bonds. The lowest BCUT2D eigenvalue weighted by molar-refractivity contribution is 0.625. The molecule has 0 heterocycles. The summed E-state index contributed by atoms with van der Waals surface area (Å²) in [5.74, 6) is -0.228. The molecule has 2 rings (SSSR count). The summed E-state index contributed by atoms with van der Waals surface area (Å²) in [6, 6.07) is 12.8. The van der Waals surface area contributed by atoms with E-state index >= 15 is 0 Å². The molecule has 0 aliphatic carbocycles. The van der Waals surface area contributed by atoms with Gasteiger partial charge in [-0.2, -0.15) is 0 Å². The third-order valence-corrected chi connectivity index (χ3v) is 2.78. The van der Waals surface area contributed by atoms with Gasteiger partial charge in [0, 0.05) is 11.4 Å². The maximum absolute atomic E-state index is 13.2. The van der Waals surface area contributed by atoms with E-state index in [0.717, 1.165) is 16.9 Å². The predicted octanol–water partition coefficient (Wildman–Crippen LogP) is 3.38. The molecule has 0 saturated carbocycles. The monoisotopic (exact) mass is 244 g/mol. The molecule has 94 valence electrons. The Morgan fingerprint density at radius 1 is 1.17 bits per heavy atom. The quantitative estimate of drug-likeness (QED) is 0.865. The van der Waals surface area contributed by atoms with E-state index in [-0.39, 0.29) is 5.82 Å². The van der Waals surface area contributed by atoms with E-state index in [1.165, 1.54) is 17.7 Å². The van der Waals surface area contributed by atoms with Crippen molar-refractivity contribution in [3.8, 4) is 0 Å². The predicted molar refractivity (Wildman–Crippen MR) is 73.6 cm³/mol. The second-order valence-corrected chi connectivity index (χ2v) is 4.33. The lowest BCUT2D eigenvalue weighted by atomic mass is 10.1. The van der Waals surface area contributed by atoms with Gasteiger partial charge in [-0.3, -0.25) is 0 Å². The van der Waals surface area contributed by atoms with Crippen LogP contribution in [0, 0.1) is 12.7 Å². The number of anilines is 2. The second kappa shape index (κ2) is 5.65. The van der Waals surface area contributed by atoms with Gasteiger partial charge in [0.15, 0.2) is 0 Å². The highest BCUT2D eigenvalue weighted by molar-refractivity contribution is 5.63. The van der Waals surface area contributed by atoms with Crippen LogP contribution in [-0.2, 0) is 6.42 Å². The standard InChI is InChI=1S/C15H17FN2/c1-11-3-2-4-14(9-11)18-15-6-5-13(16)10-12(15)7-8-17/h2-6,9-10,18H,7-8,17H2,1H3. The first-order valence-electron chi connectivity index (χ1n) is 6.01. The average molecular weight is 244 g/mol. The highest BCUT2D eigenvalue weighted by Gasteiger charge is 2.04. The van der Waals surface area contributed by atoms with Crippen molar-refractivity contribution in [2.45, 2.75) is 13.3 Å². The van der Waals surface area contributed by atoms with E-state index in [4.69, 9.17) is 5.73 Å². The minimum atomic E-state index is -0.228. The van der Waals surface area contributed by atoms with Crippen LogP contribution in [-0.4, -0.2) is 6.54 Å². The van der Waals surface area contributed by atoms with Gasteiger partial charge in [0.1, 0.15) is 5.82 Å². The van der Waals surface area contributed by atoms with Crippen LogP contribution < -0.4 is 11.1 Å². The summed E-state index contributed by atoms with van der Waals surface area (Å²) in [6.07, 6.45) is 0.659. The Bertz CT molecular complexity index is 538. The highest BCUT2D eigenvalue weighted by Crippen LogP contribution is 2.22. The Morgan fingerprint density at radius 3 is 2.72 bits per heavy atom. The normalized spacial score (nSPS) is 10.4. The number of benzene rings is 2. The molecule has 2 aromatic rings. The van der Waals surface area contributed by atoms with Crippen LogP contribution in [0.5, 0.6) is 0 Å². The first-order valence-corrected chi connectivity index (χ1v) is 6.01. The summed E-state index contributed by atoms with van der Waals surface area (Å²) in [5, 5.41) is 3.30. The molecule has 0 aromatic heterocycles. The molecular weight excluding hydrogens is 227 g/mol. The van der Waals surface area contributed by atoms with Crippen LogP contribution in [0.1, 0.15) is 11.1 Å². The summed E-state index contributed by atoms with van der Waals surface area (Å²) < 4.78 is 13.2. The molecule has 0 unspecified atom stereocenters. The zero-order valence-electron chi connectivity index (χ0n) is 10.4. The van der Waals surface area contributed by atoms with E-state index in [2.05, 4.69) is 11.4 Å². The number of aryl methyl sites for hydroxylation is 1. The first-order chi connectivity index (χ1) is 8.69. The molecular formula is C15H17FN2. The fourth-order valence-electron chi connectivity index (χ4n) is 1.92. The van der Waals surface area contributed by atoms with Gasteiger partial charge in [-0.25, -0.2) is 4.39 Å². The van der Waals surface area contributed by atoms with Crippen molar-refractivity contribution in [1.82, 2.24) is 0 Å². The molecule has 0 aliphatic rings. The number of rotatable bonds is 4. The maximum atomic E-state index is 13.2. The van der Waals surface area contributed by atoms with Crippen LogP contribution in [0.25, 0.3) is 0 Å². The van der Waals surface area contributed by atoms with E-state index < -0.39 is 0 Å². The van der Waals surface area contributed by atoms with Gasteiger partial charge in [-0.1, -0.05) is 12.1 Å². The minimum absolute atomic E-state index is 0.228. The van der Waals surface area contributed by atoms with Crippen LogP contribution in [0.15, 0.2) is 42.5 Å². The molecule has 18 heavy (non-hydrogen) atoms. The summed E-state index contributed by atoms with van der Waals surface area (Å²) in [5.41, 5.74) is 9.54. The molecule has 0 fully saturated rings. The van der Waals surface area contributed by atoms with Crippen molar-refractivity contribution in [1.29, 1.82) is 0 Å². The fourth-order valence-corrected chi connectivity index (χ4v) is 1.92. The average Bonchev–Trinajstić information content (AvgIpc) is 2.33. The summed E-state index contributed by atoms with van der Waals surface area (Å²) in [6.45, 7) is 2.54. The Kier molecular flexibility index (Phi) is 3.95. The molecule has 0 radical (unpaired) electrons. The summed E-state index contributed by atoms with van der Waals surface area (Å²) in [4.78, 5) is 0. The summed E-state index contributed by atoms with van der Waals surface area (Å²) in [7, 11) is 0. The lowest BCUT2D eigenvalue weighted by Crippen LogP contribution is -2.05. The van der Waals surface area contributed by atoms with Crippen molar-refractivity contribution in [3.05, 3.63) is 59.4 Å². The lowest BCUT2D eigenvalue weighted by Gasteiger charge is -2.12. The minimum Gasteiger partial charge on any atom is -0.355 e. The number of halogens is 1. The largest absolute Gasteiger partial charge is 0.355 e. The van der Waals surface area contributed by atoms with Gasteiger partial charge >= 0.3 is 0 Å². The Morgan fingerprint density at radius 2 is 2.00 bits per heavy atom. The maximum Gasteiger partial charge on any atom is 0.123 e.